The van der Waals surface area contributed by atoms with E-state index in [-0.39, 0.29) is 0 Å². The fourth-order valence-corrected chi connectivity index (χ4v) is 3.93. The van der Waals surface area contributed by atoms with E-state index in [2.05, 4.69) is 84.5 Å². The van der Waals surface area contributed by atoms with Crippen LogP contribution in [0.2, 0.25) is 0 Å². The number of aryl methyl sites for hydroxylation is 1. The van der Waals surface area contributed by atoms with Gasteiger partial charge in [-0.25, -0.2) is 4.98 Å². The lowest BCUT2D eigenvalue weighted by atomic mass is 10.1. The summed E-state index contributed by atoms with van der Waals surface area (Å²) in [6.45, 7) is 2.14. The number of anilines is 1. The van der Waals surface area contributed by atoms with Gasteiger partial charge in [0.2, 0.25) is 11.2 Å². The highest BCUT2D eigenvalue weighted by Gasteiger charge is 2.22. The lowest BCUT2D eigenvalue weighted by Crippen LogP contribution is -2.13. The number of rotatable bonds is 1. The van der Waals surface area contributed by atoms with E-state index in [9.17, 15) is 0 Å². The van der Waals surface area contributed by atoms with Crippen molar-refractivity contribution in [3.8, 4) is 0 Å². The molecule has 2 heterocycles. The summed E-state index contributed by atoms with van der Waals surface area (Å²) in [5, 5.41) is 2.49. The second-order valence-electron chi connectivity index (χ2n) is 5.56. The molecule has 0 atom stereocenters. The zero-order valence-electron chi connectivity index (χ0n) is 12.6. The molecule has 3 aromatic rings. The van der Waals surface area contributed by atoms with E-state index in [4.69, 9.17) is 0 Å². The number of nitrogens with zero attached hydrogens (tertiary/aromatic N) is 1. The van der Waals surface area contributed by atoms with Crippen LogP contribution < -0.4 is 9.88 Å². The van der Waals surface area contributed by atoms with Crippen molar-refractivity contribution in [3.63, 3.8) is 0 Å². The third-order valence-electron chi connectivity index (χ3n) is 4.07. The lowest BCUT2D eigenvalue weighted by Gasteiger charge is -2.12. The van der Waals surface area contributed by atoms with E-state index in [1.165, 1.54) is 32.1 Å². The first kappa shape index (κ1) is 13.4. The van der Waals surface area contributed by atoms with Gasteiger partial charge in [-0.2, -0.15) is 0 Å². The predicted octanol–water partition coefficient (Wildman–Crippen LogP) is 4.50. The number of thioether (sulfide) groups is 1. The molecule has 0 bridgehead atoms. The molecular weight excluding hydrogens is 288 g/mol. The van der Waals surface area contributed by atoms with Crippen LogP contribution in [-0.2, 0) is 0 Å². The van der Waals surface area contributed by atoms with Crippen LogP contribution in [0.3, 0.4) is 0 Å². The molecule has 22 heavy (non-hydrogen) atoms. The first-order valence-corrected chi connectivity index (χ1v) is 8.18. The average molecular weight is 305 g/mol. The topological polar surface area (TPSA) is 17.4 Å². The molecule has 4 rings (SSSR count). The SMILES string of the molecule is Cc1cccc2ccc(C=C3Sc4ccccc4N3C)[nH+]c12. The van der Waals surface area contributed by atoms with Crippen LogP contribution >= 0.6 is 11.8 Å². The van der Waals surface area contributed by atoms with E-state index >= 15 is 0 Å². The second kappa shape index (κ2) is 5.18. The molecule has 0 saturated carbocycles. The molecule has 1 N–H and O–H groups in total. The molecule has 0 aliphatic carbocycles. The number of para-hydroxylation sites is 2. The Morgan fingerprint density at radius 3 is 2.73 bits per heavy atom. The van der Waals surface area contributed by atoms with Crippen LogP contribution in [0.15, 0.2) is 64.5 Å². The molecule has 1 aliphatic heterocycles. The number of pyridine rings is 1. The highest BCUT2D eigenvalue weighted by molar-refractivity contribution is 8.03. The van der Waals surface area contributed by atoms with Crippen LogP contribution in [0.25, 0.3) is 17.0 Å². The molecule has 2 aromatic carbocycles. The van der Waals surface area contributed by atoms with E-state index in [0.29, 0.717) is 0 Å². The standard InChI is InChI=1S/C19H16N2S/c1-13-6-5-7-14-10-11-15(20-19(13)14)12-18-21(2)16-8-3-4-9-17(16)22-18/h3-12H,1-2H3/p+1. The minimum absolute atomic E-state index is 1.13. The molecule has 2 nitrogen and oxygen atoms in total. The van der Waals surface area contributed by atoms with Gasteiger partial charge in [-0.05, 0) is 31.2 Å². The lowest BCUT2D eigenvalue weighted by molar-refractivity contribution is -0.348. The molecule has 0 amide bonds. The van der Waals surface area contributed by atoms with Crippen molar-refractivity contribution in [2.24, 2.45) is 0 Å². The summed E-state index contributed by atoms with van der Waals surface area (Å²) < 4.78 is 0. The van der Waals surface area contributed by atoms with Crippen LogP contribution in [0.4, 0.5) is 5.69 Å². The minimum atomic E-state index is 1.13. The smallest absolute Gasteiger partial charge is 0.214 e. The third-order valence-corrected chi connectivity index (χ3v) is 5.23. The Kier molecular flexibility index (Phi) is 3.16. The largest absolute Gasteiger partial charge is 0.338 e. The van der Waals surface area contributed by atoms with Crippen molar-refractivity contribution in [2.75, 3.05) is 11.9 Å². The number of aromatic nitrogens is 1. The summed E-state index contributed by atoms with van der Waals surface area (Å²) in [5.41, 5.74) is 4.88. The summed E-state index contributed by atoms with van der Waals surface area (Å²) in [6, 6.07) is 19.2. The van der Waals surface area contributed by atoms with Gasteiger partial charge < -0.3 is 4.90 Å². The zero-order valence-corrected chi connectivity index (χ0v) is 13.4. The number of nitrogens with one attached hydrogen (secondary N) is 1. The molecule has 0 unspecified atom stereocenters. The van der Waals surface area contributed by atoms with E-state index in [1.54, 1.807) is 0 Å². The van der Waals surface area contributed by atoms with Gasteiger partial charge in [0.1, 0.15) is 0 Å². The van der Waals surface area contributed by atoms with Crippen molar-refractivity contribution in [2.45, 2.75) is 11.8 Å². The molecule has 108 valence electrons. The molecule has 0 saturated heterocycles. The van der Waals surface area contributed by atoms with Crippen LogP contribution in [-0.4, -0.2) is 7.05 Å². The highest BCUT2D eigenvalue weighted by atomic mass is 32.2. The molecule has 1 aromatic heterocycles. The molecule has 0 fully saturated rings. The van der Waals surface area contributed by atoms with E-state index in [0.717, 1.165) is 5.69 Å². The van der Waals surface area contributed by atoms with Gasteiger partial charge in [0.05, 0.1) is 10.7 Å². The molecule has 0 radical (unpaired) electrons. The van der Waals surface area contributed by atoms with Crippen LogP contribution in [0.5, 0.6) is 0 Å². The third kappa shape index (κ3) is 2.18. The number of aromatic amines is 1. The Morgan fingerprint density at radius 2 is 1.86 bits per heavy atom. The van der Waals surface area contributed by atoms with Crippen molar-refractivity contribution < 1.29 is 4.98 Å². The Bertz CT molecular complexity index is 899. The maximum absolute atomic E-state index is 3.55. The second-order valence-corrected chi connectivity index (χ2v) is 6.63. The first-order valence-electron chi connectivity index (χ1n) is 7.36. The monoisotopic (exact) mass is 305 g/mol. The highest BCUT2D eigenvalue weighted by Crippen LogP contribution is 2.45. The van der Waals surface area contributed by atoms with Gasteiger partial charge in [-0.15, -0.1) is 0 Å². The zero-order chi connectivity index (χ0) is 15.1. The van der Waals surface area contributed by atoms with Gasteiger partial charge in [0, 0.05) is 35.0 Å². The number of benzene rings is 2. The minimum Gasteiger partial charge on any atom is -0.338 e. The molecule has 3 heteroatoms. The quantitative estimate of drug-likeness (QED) is 0.658. The number of hydrogen-bond donors (Lipinski definition) is 0. The Hall–Kier alpha value is -2.26. The van der Waals surface area contributed by atoms with E-state index < -0.39 is 0 Å². The van der Waals surface area contributed by atoms with Crippen molar-refractivity contribution >= 4 is 34.4 Å². The Balaban J connectivity index is 1.76. The molecular formula is C19H17N2S+. The van der Waals surface area contributed by atoms with Gasteiger partial charge in [-0.1, -0.05) is 36.0 Å². The van der Waals surface area contributed by atoms with Gasteiger partial charge in [-0.3, -0.25) is 0 Å². The van der Waals surface area contributed by atoms with Crippen molar-refractivity contribution in [3.05, 3.63) is 70.9 Å². The summed E-state index contributed by atoms with van der Waals surface area (Å²) in [6.07, 6.45) is 2.22. The molecule has 1 aliphatic rings. The number of hydrogen-bond acceptors (Lipinski definition) is 2. The maximum atomic E-state index is 3.55. The Morgan fingerprint density at radius 1 is 1.00 bits per heavy atom. The molecule has 0 spiro atoms. The van der Waals surface area contributed by atoms with Crippen molar-refractivity contribution in [1.29, 1.82) is 0 Å². The maximum Gasteiger partial charge on any atom is 0.214 e. The fraction of sp³-hybridized carbons (Fsp3) is 0.105. The summed E-state index contributed by atoms with van der Waals surface area (Å²) in [4.78, 5) is 7.11. The van der Waals surface area contributed by atoms with Crippen molar-refractivity contribution in [1.82, 2.24) is 0 Å². The normalized spacial score (nSPS) is 15.5. The fourth-order valence-electron chi connectivity index (χ4n) is 2.83. The summed E-state index contributed by atoms with van der Waals surface area (Å²) >= 11 is 1.82. The predicted molar refractivity (Wildman–Crippen MR) is 93.9 cm³/mol. The van der Waals surface area contributed by atoms with Crippen LogP contribution in [0, 0.1) is 6.92 Å². The number of fused-ring (bicyclic) bond motifs is 2. The summed E-state index contributed by atoms with van der Waals surface area (Å²) in [5.74, 6) is 0. The van der Waals surface area contributed by atoms with E-state index in [1.807, 2.05) is 11.8 Å². The van der Waals surface area contributed by atoms with Gasteiger partial charge in [0.25, 0.3) is 0 Å². The number of H-pyrrole nitrogens is 1. The van der Waals surface area contributed by atoms with Gasteiger partial charge in [0.15, 0.2) is 0 Å². The Labute approximate surface area is 134 Å². The first-order chi connectivity index (χ1) is 10.7. The average Bonchev–Trinajstić information content (AvgIpc) is 2.85. The van der Waals surface area contributed by atoms with Crippen LogP contribution in [0.1, 0.15) is 11.3 Å². The summed E-state index contributed by atoms with van der Waals surface area (Å²) in [7, 11) is 2.12. The van der Waals surface area contributed by atoms with Gasteiger partial charge >= 0.3 is 0 Å².